The summed E-state index contributed by atoms with van der Waals surface area (Å²) in [4.78, 5) is 27.6. The Balaban J connectivity index is 1.52. The smallest absolute Gasteiger partial charge is 0.230 e. The Morgan fingerprint density at radius 3 is 2.52 bits per heavy atom. The van der Waals surface area contributed by atoms with Crippen LogP contribution in [-0.2, 0) is 16.0 Å². The molecule has 0 saturated heterocycles. The van der Waals surface area contributed by atoms with Gasteiger partial charge in [0.15, 0.2) is 0 Å². The highest BCUT2D eigenvalue weighted by atomic mass is 16.2. The van der Waals surface area contributed by atoms with Gasteiger partial charge in [-0.15, -0.1) is 0 Å². The van der Waals surface area contributed by atoms with Gasteiger partial charge in [-0.2, -0.15) is 0 Å². The molecule has 0 aromatic heterocycles. The maximum absolute atomic E-state index is 13.1. The predicted molar refractivity (Wildman–Crippen MR) is 89.1 cm³/mol. The van der Waals surface area contributed by atoms with Gasteiger partial charge in [0.1, 0.15) is 0 Å². The van der Waals surface area contributed by atoms with Crippen LogP contribution in [0.1, 0.15) is 44.1 Å². The Hall–Kier alpha value is -1.84. The topological polar surface area (TPSA) is 49.4 Å². The second-order valence-electron chi connectivity index (χ2n) is 7.15. The lowest BCUT2D eigenvalue weighted by Crippen LogP contribution is -2.45. The molecule has 4 nitrogen and oxygen atoms in total. The molecule has 2 amide bonds. The van der Waals surface area contributed by atoms with E-state index in [0.717, 1.165) is 57.2 Å². The SMILES string of the molecule is O=C(NC1CC1)[C@@H]1CCCC[C@@H]1C(=O)N1CCc2ccccc21. The van der Waals surface area contributed by atoms with E-state index in [1.165, 1.54) is 5.56 Å². The molecule has 2 fully saturated rings. The van der Waals surface area contributed by atoms with Gasteiger partial charge in [0.05, 0.1) is 5.92 Å². The highest BCUT2D eigenvalue weighted by Gasteiger charge is 2.40. The van der Waals surface area contributed by atoms with Gasteiger partial charge in [0, 0.05) is 24.2 Å². The summed E-state index contributed by atoms with van der Waals surface area (Å²) in [5, 5.41) is 3.11. The lowest BCUT2D eigenvalue weighted by molar-refractivity contribution is -0.135. The first kappa shape index (κ1) is 14.7. The summed E-state index contributed by atoms with van der Waals surface area (Å²) in [6, 6.07) is 8.51. The number of hydrogen-bond donors (Lipinski definition) is 1. The Bertz CT molecular complexity index is 624. The van der Waals surface area contributed by atoms with Gasteiger partial charge in [0.25, 0.3) is 0 Å². The van der Waals surface area contributed by atoms with Crippen LogP contribution in [0, 0.1) is 11.8 Å². The van der Waals surface area contributed by atoms with Gasteiger partial charge in [-0.1, -0.05) is 31.0 Å². The van der Waals surface area contributed by atoms with Crippen molar-refractivity contribution < 1.29 is 9.59 Å². The second-order valence-corrected chi connectivity index (χ2v) is 7.15. The first-order valence-electron chi connectivity index (χ1n) is 8.93. The molecule has 4 heteroatoms. The molecular formula is C19H24N2O2. The average molecular weight is 312 g/mol. The number of benzene rings is 1. The van der Waals surface area contributed by atoms with Crippen LogP contribution in [-0.4, -0.2) is 24.4 Å². The molecule has 2 aliphatic carbocycles. The van der Waals surface area contributed by atoms with Crippen LogP contribution in [0.4, 0.5) is 5.69 Å². The number of nitrogens with one attached hydrogen (secondary N) is 1. The summed E-state index contributed by atoms with van der Waals surface area (Å²) < 4.78 is 0. The summed E-state index contributed by atoms with van der Waals surface area (Å²) in [5.74, 6) is -0.0121. The fraction of sp³-hybridized carbons (Fsp3) is 0.579. The number of carbonyl (C=O) groups is 2. The van der Waals surface area contributed by atoms with E-state index in [0.29, 0.717) is 6.04 Å². The van der Waals surface area contributed by atoms with E-state index in [1.54, 1.807) is 0 Å². The van der Waals surface area contributed by atoms with Crippen LogP contribution in [0.5, 0.6) is 0 Å². The standard InChI is InChI=1S/C19H24N2O2/c22-18(20-14-9-10-14)15-6-2-3-7-16(15)19(23)21-12-11-13-5-1-4-8-17(13)21/h1,4-5,8,14-16H,2-3,6-7,9-12H2,(H,20,22)/t15-,16+/m1/s1. The van der Waals surface area contributed by atoms with Gasteiger partial charge in [-0.05, 0) is 43.7 Å². The van der Waals surface area contributed by atoms with Crippen LogP contribution >= 0.6 is 0 Å². The van der Waals surface area contributed by atoms with Crippen molar-refractivity contribution in [3.8, 4) is 0 Å². The number of fused-ring (bicyclic) bond motifs is 1. The minimum absolute atomic E-state index is 0.109. The molecule has 0 unspecified atom stereocenters. The Labute approximate surface area is 137 Å². The summed E-state index contributed by atoms with van der Waals surface area (Å²) in [7, 11) is 0. The number of carbonyl (C=O) groups excluding carboxylic acids is 2. The molecule has 0 radical (unpaired) electrons. The molecule has 122 valence electrons. The normalized spacial score (nSPS) is 26.7. The van der Waals surface area contributed by atoms with Crippen molar-refractivity contribution in [2.45, 2.75) is 51.0 Å². The van der Waals surface area contributed by atoms with Crippen molar-refractivity contribution in [2.24, 2.45) is 11.8 Å². The zero-order valence-corrected chi connectivity index (χ0v) is 13.5. The summed E-state index contributed by atoms with van der Waals surface area (Å²) >= 11 is 0. The molecule has 0 bridgehead atoms. The van der Waals surface area contributed by atoms with E-state index in [2.05, 4.69) is 11.4 Å². The fourth-order valence-electron chi connectivity index (χ4n) is 4.04. The molecule has 2 saturated carbocycles. The molecule has 1 aromatic rings. The number of hydrogen-bond acceptors (Lipinski definition) is 2. The predicted octanol–water partition coefficient (Wildman–Crippen LogP) is 2.66. The van der Waals surface area contributed by atoms with E-state index >= 15 is 0 Å². The van der Waals surface area contributed by atoms with Crippen molar-refractivity contribution >= 4 is 17.5 Å². The molecule has 1 aliphatic heterocycles. The van der Waals surface area contributed by atoms with E-state index in [1.807, 2.05) is 23.1 Å². The average Bonchev–Trinajstić information content (AvgIpc) is 3.30. The molecule has 1 aromatic carbocycles. The maximum Gasteiger partial charge on any atom is 0.230 e. The van der Waals surface area contributed by atoms with Crippen LogP contribution in [0.15, 0.2) is 24.3 Å². The van der Waals surface area contributed by atoms with E-state index < -0.39 is 0 Å². The van der Waals surface area contributed by atoms with Crippen molar-refractivity contribution in [1.29, 1.82) is 0 Å². The van der Waals surface area contributed by atoms with Crippen LogP contribution in [0.25, 0.3) is 0 Å². The molecule has 23 heavy (non-hydrogen) atoms. The van der Waals surface area contributed by atoms with E-state index in [-0.39, 0.29) is 23.7 Å². The number of anilines is 1. The summed E-state index contributed by atoms with van der Waals surface area (Å²) in [6.45, 7) is 0.756. The molecule has 4 rings (SSSR count). The molecule has 3 aliphatic rings. The quantitative estimate of drug-likeness (QED) is 0.933. The second kappa shape index (κ2) is 5.99. The summed E-state index contributed by atoms with van der Waals surface area (Å²) in [5.41, 5.74) is 2.29. The zero-order valence-electron chi connectivity index (χ0n) is 13.5. The Morgan fingerprint density at radius 2 is 1.74 bits per heavy atom. The summed E-state index contributed by atoms with van der Waals surface area (Å²) in [6.07, 6.45) is 6.92. The van der Waals surface area contributed by atoms with Crippen LogP contribution in [0.2, 0.25) is 0 Å². The lowest BCUT2D eigenvalue weighted by Gasteiger charge is -2.32. The molecule has 0 spiro atoms. The number of rotatable bonds is 3. The van der Waals surface area contributed by atoms with E-state index in [4.69, 9.17) is 0 Å². The number of amides is 2. The molecular weight excluding hydrogens is 288 g/mol. The van der Waals surface area contributed by atoms with E-state index in [9.17, 15) is 9.59 Å². The van der Waals surface area contributed by atoms with Crippen LogP contribution < -0.4 is 10.2 Å². The highest BCUT2D eigenvalue weighted by molar-refractivity contribution is 5.99. The van der Waals surface area contributed by atoms with Gasteiger partial charge in [-0.25, -0.2) is 0 Å². The third kappa shape index (κ3) is 2.87. The van der Waals surface area contributed by atoms with Crippen LogP contribution in [0.3, 0.4) is 0 Å². The van der Waals surface area contributed by atoms with Crippen molar-refractivity contribution in [3.05, 3.63) is 29.8 Å². The Kier molecular flexibility index (Phi) is 3.83. The van der Waals surface area contributed by atoms with Gasteiger partial charge < -0.3 is 10.2 Å². The van der Waals surface area contributed by atoms with Gasteiger partial charge in [-0.3, -0.25) is 9.59 Å². The van der Waals surface area contributed by atoms with Crippen molar-refractivity contribution in [1.82, 2.24) is 5.32 Å². The van der Waals surface area contributed by atoms with Crippen molar-refractivity contribution in [2.75, 3.05) is 11.4 Å². The molecule has 1 heterocycles. The minimum Gasteiger partial charge on any atom is -0.353 e. The Morgan fingerprint density at radius 1 is 1.00 bits per heavy atom. The lowest BCUT2D eigenvalue weighted by atomic mass is 9.77. The largest absolute Gasteiger partial charge is 0.353 e. The van der Waals surface area contributed by atoms with Gasteiger partial charge in [0.2, 0.25) is 11.8 Å². The first-order chi connectivity index (χ1) is 11.2. The monoisotopic (exact) mass is 312 g/mol. The zero-order chi connectivity index (χ0) is 15.8. The fourth-order valence-corrected chi connectivity index (χ4v) is 4.04. The molecule has 2 atom stereocenters. The molecule has 1 N–H and O–H groups in total. The highest BCUT2D eigenvalue weighted by Crippen LogP contribution is 2.36. The minimum atomic E-state index is -0.145. The van der Waals surface area contributed by atoms with Gasteiger partial charge >= 0.3 is 0 Å². The number of para-hydroxylation sites is 1. The first-order valence-corrected chi connectivity index (χ1v) is 8.93. The number of nitrogens with zero attached hydrogens (tertiary/aromatic N) is 1. The third-order valence-electron chi connectivity index (χ3n) is 5.50. The maximum atomic E-state index is 13.1. The third-order valence-corrected chi connectivity index (χ3v) is 5.50. The van der Waals surface area contributed by atoms with Crippen molar-refractivity contribution in [3.63, 3.8) is 0 Å².